The van der Waals surface area contributed by atoms with E-state index in [1.165, 1.54) is 0 Å². The summed E-state index contributed by atoms with van der Waals surface area (Å²) in [4.78, 5) is 0. The summed E-state index contributed by atoms with van der Waals surface area (Å²) in [6.07, 6.45) is -25.6. The van der Waals surface area contributed by atoms with E-state index in [9.17, 15) is 56.2 Å². The molecule has 0 bridgehead atoms. The monoisotopic (exact) mass is 504 g/mol. The second-order valence-corrected chi connectivity index (χ2v) is 8.33. The Kier molecular flexibility index (Phi) is 9.54. The molecule has 0 aromatic rings. The van der Waals surface area contributed by atoms with Crippen LogP contribution in [0.2, 0.25) is 0 Å². The molecule has 0 amide bonds. The van der Waals surface area contributed by atoms with Crippen molar-refractivity contribution in [2.24, 2.45) is 0 Å². The van der Waals surface area contributed by atoms with Crippen LogP contribution < -0.4 is 0 Å². The van der Waals surface area contributed by atoms with Gasteiger partial charge in [0.15, 0.2) is 18.9 Å². The highest BCUT2D eigenvalue weighted by Crippen LogP contribution is 2.32. The molecule has 0 spiro atoms. The zero-order valence-electron chi connectivity index (χ0n) is 17.7. The van der Waals surface area contributed by atoms with Crippen molar-refractivity contribution in [1.29, 1.82) is 0 Å². The van der Waals surface area contributed by atoms with Crippen LogP contribution in [0, 0.1) is 0 Å². The van der Waals surface area contributed by atoms with E-state index < -0.39 is 112 Å². The van der Waals surface area contributed by atoms with Gasteiger partial charge in [0.1, 0.15) is 73.2 Å². The molecule has 200 valence electrons. The first kappa shape index (κ1) is 27.9. The molecule has 0 aromatic heterocycles. The maximum atomic E-state index is 10.6. The van der Waals surface area contributed by atoms with Crippen LogP contribution in [-0.4, -0.2) is 168 Å². The van der Waals surface area contributed by atoms with E-state index in [0.717, 1.165) is 0 Å². The lowest BCUT2D eigenvalue weighted by atomic mass is 9.96. The summed E-state index contributed by atoms with van der Waals surface area (Å²) in [5, 5.41) is 109. The van der Waals surface area contributed by atoms with Crippen LogP contribution in [0.15, 0.2) is 0 Å². The zero-order valence-corrected chi connectivity index (χ0v) is 17.7. The van der Waals surface area contributed by atoms with E-state index >= 15 is 0 Å². The van der Waals surface area contributed by atoms with Crippen LogP contribution in [0.5, 0.6) is 0 Å². The number of hydrogen-bond donors (Lipinski definition) is 11. The molecule has 16 heteroatoms. The van der Waals surface area contributed by atoms with Gasteiger partial charge in [-0.1, -0.05) is 0 Å². The van der Waals surface area contributed by atoms with Gasteiger partial charge in [-0.15, -0.1) is 0 Å². The Hall–Kier alpha value is -0.640. The fraction of sp³-hybridized carbons (Fsp3) is 1.00. The summed E-state index contributed by atoms with van der Waals surface area (Å²) in [6.45, 7) is -2.33. The van der Waals surface area contributed by atoms with Crippen molar-refractivity contribution in [2.75, 3.05) is 19.8 Å². The quantitative estimate of drug-likeness (QED) is 0.154. The van der Waals surface area contributed by atoms with Gasteiger partial charge in [0.25, 0.3) is 0 Å². The number of aliphatic hydroxyl groups is 11. The smallest absolute Gasteiger partial charge is 0.187 e. The van der Waals surface area contributed by atoms with Gasteiger partial charge in [-0.2, -0.15) is 0 Å². The van der Waals surface area contributed by atoms with E-state index in [2.05, 4.69) is 0 Å². The third-order valence-corrected chi connectivity index (χ3v) is 6.10. The van der Waals surface area contributed by atoms with Gasteiger partial charge in [0, 0.05) is 0 Å². The molecular formula is C18H32O16. The normalized spacial score (nSPS) is 52.5. The number of ether oxygens (including phenoxy) is 5. The summed E-state index contributed by atoms with van der Waals surface area (Å²) in [5.74, 6) is 0. The molecule has 0 aromatic carbocycles. The second-order valence-electron chi connectivity index (χ2n) is 8.33. The summed E-state index contributed by atoms with van der Waals surface area (Å²) in [7, 11) is 0. The third kappa shape index (κ3) is 5.37. The first-order chi connectivity index (χ1) is 16.0. The number of aliphatic hydroxyl groups excluding tert-OH is 11. The van der Waals surface area contributed by atoms with Crippen LogP contribution in [0.25, 0.3) is 0 Å². The summed E-state index contributed by atoms with van der Waals surface area (Å²) < 4.78 is 26.5. The average Bonchev–Trinajstić information content (AvgIpc) is 2.83. The molecule has 1 unspecified atom stereocenters. The fourth-order valence-corrected chi connectivity index (χ4v) is 4.03. The maximum absolute atomic E-state index is 10.6. The van der Waals surface area contributed by atoms with E-state index in [1.807, 2.05) is 0 Å². The standard InChI is InChI=1S/C18H32O16/c19-1-4-7(22)10(25)12(27)17(31-4)33-14-9(24)6(3-21)30-16(29)15(14)34-18-13(28)11(26)8(23)5(2-20)32-18/h4-29H,1-3H2/t4-,5-,6-,7+,8+,9-,10+,11+,12-,13-,14+,15-,16?,17+,18+/m1/s1. The first-order valence-electron chi connectivity index (χ1n) is 10.6. The van der Waals surface area contributed by atoms with Gasteiger partial charge >= 0.3 is 0 Å². The van der Waals surface area contributed by atoms with Crippen LogP contribution >= 0.6 is 0 Å². The lowest BCUT2D eigenvalue weighted by Gasteiger charge is -2.48. The predicted molar refractivity (Wildman–Crippen MR) is 101 cm³/mol. The van der Waals surface area contributed by atoms with Crippen molar-refractivity contribution in [2.45, 2.75) is 92.1 Å². The van der Waals surface area contributed by atoms with E-state index in [1.54, 1.807) is 0 Å². The Morgan fingerprint density at radius 1 is 0.441 bits per heavy atom. The lowest BCUT2D eigenvalue weighted by molar-refractivity contribution is -0.387. The average molecular weight is 504 g/mol. The Labute approximate surface area is 192 Å². The predicted octanol–water partition coefficient (Wildman–Crippen LogP) is -7.57. The zero-order chi connectivity index (χ0) is 25.3. The minimum absolute atomic E-state index is 0.769. The molecular weight excluding hydrogens is 472 g/mol. The van der Waals surface area contributed by atoms with E-state index in [0.29, 0.717) is 0 Å². The molecule has 15 atom stereocenters. The van der Waals surface area contributed by atoms with Gasteiger partial charge < -0.3 is 79.9 Å². The van der Waals surface area contributed by atoms with E-state index in [-0.39, 0.29) is 0 Å². The van der Waals surface area contributed by atoms with Crippen LogP contribution in [0.4, 0.5) is 0 Å². The largest absolute Gasteiger partial charge is 0.394 e. The molecule has 3 fully saturated rings. The Balaban J connectivity index is 1.83. The highest BCUT2D eigenvalue weighted by atomic mass is 16.8. The Morgan fingerprint density at radius 3 is 1.24 bits per heavy atom. The summed E-state index contributed by atoms with van der Waals surface area (Å²) in [5.41, 5.74) is 0. The van der Waals surface area contributed by atoms with Gasteiger partial charge in [-0.25, -0.2) is 0 Å². The molecule has 3 aliphatic heterocycles. The molecule has 0 radical (unpaired) electrons. The first-order valence-corrected chi connectivity index (χ1v) is 10.6. The van der Waals surface area contributed by atoms with Crippen molar-refractivity contribution >= 4 is 0 Å². The molecule has 0 aliphatic carbocycles. The highest BCUT2D eigenvalue weighted by molar-refractivity contribution is 4.96. The SMILES string of the molecule is OC[C@H]1O[C@@H](O[C@H]2[C@H](O)[C@@H](CO)OC(O)[C@@H]2O[C@@H]2O[C@H](CO)[C@H](O)[C@H](O)[C@H]2O)[C@H](O)[C@@H](O)[C@H]1O. The van der Waals surface area contributed by atoms with Crippen LogP contribution in [0.1, 0.15) is 0 Å². The molecule has 34 heavy (non-hydrogen) atoms. The van der Waals surface area contributed by atoms with Crippen LogP contribution in [-0.2, 0) is 23.7 Å². The minimum Gasteiger partial charge on any atom is -0.394 e. The van der Waals surface area contributed by atoms with Gasteiger partial charge in [0.2, 0.25) is 0 Å². The fourth-order valence-electron chi connectivity index (χ4n) is 4.03. The minimum atomic E-state index is -1.94. The lowest BCUT2D eigenvalue weighted by Crippen LogP contribution is -2.67. The van der Waals surface area contributed by atoms with Crippen molar-refractivity contribution < 1.29 is 79.9 Å². The van der Waals surface area contributed by atoms with Gasteiger partial charge in [-0.3, -0.25) is 0 Å². The Morgan fingerprint density at radius 2 is 0.824 bits per heavy atom. The third-order valence-electron chi connectivity index (χ3n) is 6.10. The highest BCUT2D eigenvalue weighted by Gasteiger charge is 2.53. The molecule has 3 aliphatic rings. The Bertz CT molecular complexity index is 637. The number of rotatable bonds is 7. The van der Waals surface area contributed by atoms with Gasteiger partial charge in [-0.05, 0) is 0 Å². The van der Waals surface area contributed by atoms with Crippen molar-refractivity contribution in [3.05, 3.63) is 0 Å². The topological polar surface area (TPSA) is 269 Å². The van der Waals surface area contributed by atoms with E-state index in [4.69, 9.17) is 23.7 Å². The molecule has 3 heterocycles. The molecule has 3 saturated heterocycles. The molecule has 3 rings (SSSR count). The molecule has 16 nitrogen and oxygen atoms in total. The van der Waals surface area contributed by atoms with Gasteiger partial charge in [0.05, 0.1) is 19.8 Å². The summed E-state index contributed by atoms with van der Waals surface area (Å²) >= 11 is 0. The van der Waals surface area contributed by atoms with Crippen molar-refractivity contribution in [3.8, 4) is 0 Å². The number of hydrogen-bond acceptors (Lipinski definition) is 16. The van der Waals surface area contributed by atoms with Crippen LogP contribution in [0.3, 0.4) is 0 Å². The second kappa shape index (κ2) is 11.6. The molecule has 0 saturated carbocycles. The van der Waals surface area contributed by atoms with Crippen molar-refractivity contribution in [3.63, 3.8) is 0 Å². The summed E-state index contributed by atoms with van der Waals surface area (Å²) in [6, 6.07) is 0. The maximum Gasteiger partial charge on any atom is 0.187 e. The van der Waals surface area contributed by atoms with Crippen molar-refractivity contribution in [1.82, 2.24) is 0 Å². The molecule has 11 N–H and O–H groups in total.